The molecule has 3 aliphatic rings. The molecule has 0 spiro atoms. The van der Waals surface area contributed by atoms with Gasteiger partial charge in [0.25, 0.3) is 0 Å². The fourth-order valence-electron chi connectivity index (χ4n) is 4.35. The molecule has 3 heteroatoms. The summed E-state index contributed by atoms with van der Waals surface area (Å²) in [7, 11) is 0. The van der Waals surface area contributed by atoms with Crippen molar-refractivity contribution in [3.63, 3.8) is 0 Å². The van der Waals surface area contributed by atoms with Crippen LogP contribution in [0.25, 0.3) is 0 Å². The molecular formula is C17H20N2O. The summed E-state index contributed by atoms with van der Waals surface area (Å²) in [6.45, 7) is 0. The molecule has 104 valence electrons. The molecule has 5 rings (SSSR count). The summed E-state index contributed by atoms with van der Waals surface area (Å²) in [5.74, 6) is 0.918. The van der Waals surface area contributed by atoms with Crippen LogP contribution in [0, 0.1) is 11.8 Å². The van der Waals surface area contributed by atoms with E-state index >= 15 is 0 Å². The number of pyridine rings is 1. The van der Waals surface area contributed by atoms with Gasteiger partial charge in [0.15, 0.2) is 0 Å². The average molecular weight is 268 g/mol. The summed E-state index contributed by atoms with van der Waals surface area (Å²) in [5, 5.41) is 11.2. The van der Waals surface area contributed by atoms with E-state index in [9.17, 15) is 5.11 Å². The molecule has 2 heterocycles. The van der Waals surface area contributed by atoms with Crippen LogP contribution in [0.3, 0.4) is 0 Å². The van der Waals surface area contributed by atoms with Gasteiger partial charge in [0.05, 0.1) is 5.60 Å². The zero-order valence-electron chi connectivity index (χ0n) is 11.5. The number of aliphatic hydroxyl groups is 1. The molecule has 0 saturated heterocycles. The van der Waals surface area contributed by atoms with E-state index in [0.717, 1.165) is 24.8 Å². The molecule has 3 fully saturated rings. The molecule has 3 nitrogen and oxygen atoms in total. The highest BCUT2D eigenvalue weighted by atomic mass is 16.3. The van der Waals surface area contributed by atoms with Crippen LogP contribution in [0.2, 0.25) is 0 Å². The lowest BCUT2D eigenvalue weighted by molar-refractivity contribution is -0.121. The van der Waals surface area contributed by atoms with E-state index < -0.39 is 5.60 Å². The first-order chi connectivity index (χ1) is 9.77. The van der Waals surface area contributed by atoms with Crippen molar-refractivity contribution in [1.29, 1.82) is 0 Å². The number of nitrogens with zero attached hydrogens (tertiary/aromatic N) is 2. The Bertz CT molecular complexity index is 580. The quantitative estimate of drug-likeness (QED) is 0.908. The lowest BCUT2D eigenvalue weighted by Gasteiger charge is -2.52. The molecule has 2 aromatic rings. The molecule has 0 aliphatic heterocycles. The Morgan fingerprint density at radius 3 is 2.70 bits per heavy atom. The van der Waals surface area contributed by atoms with Crippen molar-refractivity contribution in [2.75, 3.05) is 0 Å². The Morgan fingerprint density at radius 1 is 1.20 bits per heavy atom. The maximum absolute atomic E-state index is 11.2. The zero-order chi connectivity index (χ0) is 13.6. The normalized spacial score (nSPS) is 36.1. The van der Waals surface area contributed by atoms with Crippen LogP contribution in [-0.4, -0.2) is 14.7 Å². The molecule has 0 radical (unpaired) electrons. The largest absolute Gasteiger partial charge is 0.385 e. The smallest absolute Gasteiger partial charge is 0.0943 e. The minimum Gasteiger partial charge on any atom is -0.385 e. The molecular weight excluding hydrogens is 248 g/mol. The lowest BCUT2D eigenvalue weighted by Crippen LogP contribution is -2.49. The monoisotopic (exact) mass is 268 g/mol. The van der Waals surface area contributed by atoms with E-state index in [0.29, 0.717) is 17.9 Å². The van der Waals surface area contributed by atoms with Gasteiger partial charge >= 0.3 is 0 Å². The minimum atomic E-state index is -0.666. The first-order valence-corrected chi connectivity index (χ1v) is 7.53. The fourth-order valence-corrected chi connectivity index (χ4v) is 4.35. The highest BCUT2D eigenvalue weighted by molar-refractivity contribution is 5.22. The average Bonchev–Trinajstić information content (AvgIpc) is 3.03. The first-order valence-electron chi connectivity index (χ1n) is 7.53. The van der Waals surface area contributed by atoms with E-state index in [1.165, 1.54) is 6.42 Å². The maximum atomic E-state index is 11.2. The summed E-state index contributed by atoms with van der Waals surface area (Å²) < 4.78 is 2.33. The van der Waals surface area contributed by atoms with Crippen molar-refractivity contribution in [3.8, 4) is 0 Å². The second-order valence-electron chi connectivity index (χ2n) is 6.34. The molecule has 1 N–H and O–H groups in total. The van der Waals surface area contributed by atoms with E-state index in [-0.39, 0.29) is 0 Å². The van der Waals surface area contributed by atoms with Gasteiger partial charge in [-0.3, -0.25) is 4.98 Å². The van der Waals surface area contributed by atoms with E-state index in [4.69, 9.17) is 0 Å². The number of hydrogen-bond acceptors (Lipinski definition) is 2. The van der Waals surface area contributed by atoms with Crippen LogP contribution in [0.1, 0.15) is 37.3 Å². The van der Waals surface area contributed by atoms with Crippen LogP contribution in [0.4, 0.5) is 0 Å². The molecule has 3 aliphatic carbocycles. The maximum Gasteiger partial charge on any atom is 0.0943 e. The summed E-state index contributed by atoms with van der Waals surface area (Å²) in [4.78, 5) is 4.19. The second kappa shape index (κ2) is 4.45. The number of fused-ring (bicyclic) bond motifs is 3. The van der Waals surface area contributed by atoms with E-state index in [1.807, 2.05) is 18.3 Å². The van der Waals surface area contributed by atoms with Gasteiger partial charge in [0.2, 0.25) is 0 Å². The Morgan fingerprint density at radius 2 is 2.05 bits per heavy atom. The van der Waals surface area contributed by atoms with Crippen molar-refractivity contribution in [1.82, 2.24) is 9.55 Å². The SMILES string of the molecule is O[C@]1(c2cccnc2)C[C@H]2CC[C@@H]1C[C@H]2n1cccc1. The fraction of sp³-hybridized carbons (Fsp3) is 0.471. The highest BCUT2D eigenvalue weighted by Crippen LogP contribution is 2.56. The van der Waals surface area contributed by atoms with Crippen LogP contribution in [0.15, 0.2) is 49.1 Å². The van der Waals surface area contributed by atoms with Crippen LogP contribution in [0.5, 0.6) is 0 Å². The van der Waals surface area contributed by atoms with Gasteiger partial charge in [-0.15, -0.1) is 0 Å². The van der Waals surface area contributed by atoms with Gasteiger partial charge in [0.1, 0.15) is 0 Å². The lowest BCUT2D eigenvalue weighted by atomic mass is 9.58. The zero-order valence-corrected chi connectivity index (χ0v) is 11.5. The molecule has 20 heavy (non-hydrogen) atoms. The highest BCUT2D eigenvalue weighted by Gasteiger charge is 2.51. The van der Waals surface area contributed by atoms with Gasteiger partial charge < -0.3 is 9.67 Å². The van der Waals surface area contributed by atoms with Gasteiger partial charge in [-0.05, 0) is 55.7 Å². The van der Waals surface area contributed by atoms with E-state index in [2.05, 4.69) is 34.1 Å². The second-order valence-corrected chi connectivity index (χ2v) is 6.34. The van der Waals surface area contributed by atoms with Crippen LogP contribution in [-0.2, 0) is 5.60 Å². The van der Waals surface area contributed by atoms with Crippen molar-refractivity contribution in [2.24, 2.45) is 11.8 Å². The summed E-state index contributed by atoms with van der Waals surface area (Å²) in [5.41, 5.74) is 0.335. The van der Waals surface area contributed by atoms with Gasteiger partial charge in [-0.1, -0.05) is 6.07 Å². The standard InChI is InChI=1S/C17H20N2O/c20-17(15-4-3-7-18-12-15)11-13-5-6-14(17)10-16(13)19-8-1-2-9-19/h1-4,7-9,12-14,16,20H,5-6,10-11H2/t13-,14-,16-,17-/m1/s1. The predicted molar refractivity (Wildman–Crippen MR) is 77.1 cm³/mol. The van der Waals surface area contributed by atoms with Crippen molar-refractivity contribution >= 4 is 0 Å². The number of rotatable bonds is 2. The third kappa shape index (κ3) is 1.73. The van der Waals surface area contributed by atoms with Gasteiger partial charge in [0, 0.05) is 36.4 Å². The van der Waals surface area contributed by atoms with Crippen LogP contribution < -0.4 is 0 Å². The topological polar surface area (TPSA) is 38.1 Å². The minimum absolute atomic E-state index is 0.351. The number of aromatic nitrogens is 2. The summed E-state index contributed by atoms with van der Waals surface area (Å²) in [6, 6.07) is 8.70. The van der Waals surface area contributed by atoms with E-state index in [1.54, 1.807) is 6.20 Å². The van der Waals surface area contributed by atoms with Crippen LogP contribution >= 0.6 is 0 Å². The summed E-state index contributed by atoms with van der Waals surface area (Å²) in [6.07, 6.45) is 12.2. The Balaban J connectivity index is 1.66. The molecule has 2 bridgehead atoms. The third-order valence-corrected chi connectivity index (χ3v) is 5.38. The number of hydrogen-bond donors (Lipinski definition) is 1. The van der Waals surface area contributed by atoms with Crippen molar-refractivity contribution in [2.45, 2.75) is 37.3 Å². The van der Waals surface area contributed by atoms with Crippen molar-refractivity contribution < 1.29 is 5.11 Å². The Kier molecular flexibility index (Phi) is 2.71. The first kappa shape index (κ1) is 12.2. The Labute approximate surface area is 119 Å². The molecule has 0 unspecified atom stereocenters. The molecule has 3 saturated carbocycles. The molecule has 0 aromatic carbocycles. The summed E-state index contributed by atoms with van der Waals surface area (Å²) >= 11 is 0. The van der Waals surface area contributed by atoms with Gasteiger partial charge in [-0.2, -0.15) is 0 Å². The Hall–Kier alpha value is -1.61. The third-order valence-electron chi connectivity index (χ3n) is 5.38. The molecule has 0 amide bonds. The molecule has 2 aromatic heterocycles. The predicted octanol–water partition coefficient (Wildman–Crippen LogP) is 3.13. The van der Waals surface area contributed by atoms with Crippen molar-refractivity contribution in [3.05, 3.63) is 54.6 Å². The van der Waals surface area contributed by atoms with Gasteiger partial charge in [-0.25, -0.2) is 0 Å². The molecule has 4 atom stereocenters.